The third kappa shape index (κ3) is 2.20. The second-order valence-electron chi connectivity index (χ2n) is 2.61. The molecule has 68 valence electrons. The normalized spacial score (nSPS) is 22.1. The molecule has 5 heteroatoms. The summed E-state index contributed by atoms with van der Waals surface area (Å²) in [6, 6.07) is -0.439. The summed E-state index contributed by atoms with van der Waals surface area (Å²) >= 11 is 0. The number of rotatable bonds is 3. The number of amides is 1. The molecule has 1 atom stereocenters. The Bertz CT molecular complexity index is 193. The molecular weight excluding hydrogens is 160 g/mol. The molecule has 1 rings (SSSR count). The Hall–Kier alpha value is -1.10. The molecule has 1 amide bonds. The first-order chi connectivity index (χ1) is 5.74. The van der Waals surface area contributed by atoms with Gasteiger partial charge in [-0.05, 0) is 7.05 Å². The summed E-state index contributed by atoms with van der Waals surface area (Å²) < 4.78 is 4.67. The first kappa shape index (κ1) is 8.99. The van der Waals surface area contributed by atoms with E-state index in [0.29, 0.717) is 13.0 Å². The van der Waals surface area contributed by atoms with Gasteiger partial charge >= 0.3 is 5.97 Å². The number of hydrogen-bond acceptors (Lipinski definition) is 4. The van der Waals surface area contributed by atoms with Crippen LogP contribution in [-0.2, 0) is 14.3 Å². The van der Waals surface area contributed by atoms with Crippen molar-refractivity contribution in [2.45, 2.75) is 12.5 Å². The predicted molar refractivity (Wildman–Crippen MR) is 41.4 cm³/mol. The molecule has 0 saturated carbocycles. The van der Waals surface area contributed by atoms with Crippen molar-refractivity contribution in [1.29, 1.82) is 0 Å². The molecule has 0 radical (unpaired) electrons. The molecule has 0 aliphatic carbocycles. The number of cyclic esters (lactones) is 1. The molecule has 1 aliphatic rings. The zero-order chi connectivity index (χ0) is 8.97. The minimum absolute atomic E-state index is 0.179. The smallest absolute Gasteiger partial charge is 0.328 e. The molecule has 5 nitrogen and oxygen atoms in total. The van der Waals surface area contributed by atoms with Gasteiger partial charge in [-0.25, -0.2) is 4.79 Å². The summed E-state index contributed by atoms with van der Waals surface area (Å²) in [5, 5.41) is 5.25. The van der Waals surface area contributed by atoms with Gasteiger partial charge < -0.3 is 15.4 Å². The molecule has 1 unspecified atom stereocenters. The average Bonchev–Trinajstić information content (AvgIpc) is 2.37. The molecule has 1 saturated heterocycles. The minimum atomic E-state index is -0.439. The number of esters is 1. The number of carbonyl (C=O) groups is 2. The van der Waals surface area contributed by atoms with E-state index in [1.807, 2.05) is 0 Å². The number of likely N-dealkylation sites (N-methyl/N-ethyl adjacent to an activating group) is 1. The predicted octanol–water partition coefficient (Wildman–Crippen LogP) is -1.36. The van der Waals surface area contributed by atoms with Gasteiger partial charge in [0.25, 0.3) is 0 Å². The van der Waals surface area contributed by atoms with E-state index in [1.54, 1.807) is 7.05 Å². The maximum atomic E-state index is 11.0. The highest BCUT2D eigenvalue weighted by atomic mass is 16.5. The van der Waals surface area contributed by atoms with Crippen molar-refractivity contribution in [2.75, 3.05) is 20.2 Å². The molecule has 0 aromatic rings. The van der Waals surface area contributed by atoms with Crippen LogP contribution in [0.25, 0.3) is 0 Å². The largest absolute Gasteiger partial charge is 0.464 e. The van der Waals surface area contributed by atoms with Crippen molar-refractivity contribution < 1.29 is 14.3 Å². The molecular formula is C7H12N2O3. The van der Waals surface area contributed by atoms with Crippen LogP contribution < -0.4 is 10.6 Å². The van der Waals surface area contributed by atoms with E-state index in [0.717, 1.165) is 0 Å². The molecule has 0 aromatic heterocycles. The monoisotopic (exact) mass is 172 g/mol. The van der Waals surface area contributed by atoms with E-state index < -0.39 is 6.04 Å². The summed E-state index contributed by atoms with van der Waals surface area (Å²) in [4.78, 5) is 21.8. The van der Waals surface area contributed by atoms with Gasteiger partial charge in [-0.1, -0.05) is 0 Å². The standard InChI is InChI=1S/C7H12N2O3/c1-8-4-6(10)9-5-2-3-12-7(5)11/h5,8H,2-4H2,1H3,(H,9,10). The van der Waals surface area contributed by atoms with Gasteiger partial charge in [-0.2, -0.15) is 0 Å². The van der Waals surface area contributed by atoms with Crippen molar-refractivity contribution in [3.05, 3.63) is 0 Å². The first-order valence-corrected chi connectivity index (χ1v) is 3.84. The van der Waals surface area contributed by atoms with E-state index in [-0.39, 0.29) is 18.4 Å². The minimum Gasteiger partial charge on any atom is -0.464 e. The first-order valence-electron chi connectivity index (χ1n) is 3.84. The van der Waals surface area contributed by atoms with Crippen LogP contribution in [-0.4, -0.2) is 38.1 Å². The van der Waals surface area contributed by atoms with Crippen LogP contribution in [0.2, 0.25) is 0 Å². The maximum Gasteiger partial charge on any atom is 0.328 e. The van der Waals surface area contributed by atoms with Crippen LogP contribution in [0.3, 0.4) is 0 Å². The summed E-state index contributed by atoms with van der Waals surface area (Å²) in [7, 11) is 1.67. The zero-order valence-electron chi connectivity index (χ0n) is 6.92. The van der Waals surface area contributed by atoms with Gasteiger partial charge in [0.1, 0.15) is 6.04 Å². The Kier molecular flexibility index (Phi) is 3.04. The molecule has 12 heavy (non-hydrogen) atoms. The van der Waals surface area contributed by atoms with Gasteiger partial charge in [0, 0.05) is 6.42 Å². The lowest BCUT2D eigenvalue weighted by Crippen LogP contribution is -2.41. The molecule has 0 bridgehead atoms. The van der Waals surface area contributed by atoms with E-state index >= 15 is 0 Å². The van der Waals surface area contributed by atoms with E-state index in [2.05, 4.69) is 15.4 Å². The Balaban J connectivity index is 2.30. The highest BCUT2D eigenvalue weighted by molar-refractivity contribution is 5.86. The van der Waals surface area contributed by atoms with Crippen LogP contribution in [0.5, 0.6) is 0 Å². The third-order valence-electron chi connectivity index (χ3n) is 1.61. The number of ether oxygens (including phenoxy) is 1. The molecule has 0 aromatic carbocycles. The number of nitrogens with one attached hydrogen (secondary N) is 2. The Labute approximate surface area is 70.5 Å². The van der Waals surface area contributed by atoms with Crippen LogP contribution in [0.15, 0.2) is 0 Å². The highest BCUT2D eigenvalue weighted by Crippen LogP contribution is 2.04. The quantitative estimate of drug-likeness (QED) is 0.516. The Morgan fingerprint density at radius 1 is 1.75 bits per heavy atom. The second-order valence-corrected chi connectivity index (χ2v) is 2.61. The third-order valence-corrected chi connectivity index (χ3v) is 1.61. The highest BCUT2D eigenvalue weighted by Gasteiger charge is 2.27. The summed E-state index contributed by atoms with van der Waals surface area (Å²) in [5.41, 5.74) is 0. The van der Waals surface area contributed by atoms with Crippen molar-refractivity contribution in [3.8, 4) is 0 Å². The molecule has 2 N–H and O–H groups in total. The zero-order valence-corrected chi connectivity index (χ0v) is 6.92. The lowest BCUT2D eigenvalue weighted by molar-refractivity contribution is -0.141. The van der Waals surface area contributed by atoms with Crippen molar-refractivity contribution in [2.24, 2.45) is 0 Å². The SMILES string of the molecule is CNCC(=O)NC1CCOC1=O. The molecule has 1 fully saturated rings. The van der Waals surface area contributed by atoms with E-state index in [9.17, 15) is 9.59 Å². The van der Waals surface area contributed by atoms with Gasteiger partial charge in [0.2, 0.25) is 5.91 Å². The number of carbonyl (C=O) groups excluding carboxylic acids is 2. The number of hydrogen-bond donors (Lipinski definition) is 2. The summed E-state index contributed by atoms with van der Waals surface area (Å²) in [5.74, 6) is -0.513. The average molecular weight is 172 g/mol. The molecule has 1 heterocycles. The van der Waals surface area contributed by atoms with Crippen LogP contribution >= 0.6 is 0 Å². The lowest BCUT2D eigenvalue weighted by Gasteiger charge is -2.07. The molecule has 1 aliphatic heterocycles. The van der Waals surface area contributed by atoms with Gasteiger partial charge in [-0.3, -0.25) is 4.79 Å². The second kappa shape index (κ2) is 4.06. The summed E-state index contributed by atoms with van der Waals surface area (Å²) in [6.45, 7) is 0.632. The Morgan fingerprint density at radius 3 is 3.00 bits per heavy atom. The van der Waals surface area contributed by atoms with Gasteiger partial charge in [0.05, 0.1) is 13.2 Å². The van der Waals surface area contributed by atoms with E-state index in [4.69, 9.17) is 0 Å². The fourth-order valence-electron chi connectivity index (χ4n) is 1.03. The van der Waals surface area contributed by atoms with Crippen LogP contribution in [0.4, 0.5) is 0 Å². The van der Waals surface area contributed by atoms with Gasteiger partial charge in [0.15, 0.2) is 0 Å². The van der Waals surface area contributed by atoms with Crippen molar-refractivity contribution in [3.63, 3.8) is 0 Å². The fraction of sp³-hybridized carbons (Fsp3) is 0.714. The molecule has 0 spiro atoms. The topological polar surface area (TPSA) is 67.4 Å². The summed E-state index contributed by atoms with van der Waals surface area (Å²) in [6.07, 6.45) is 0.578. The lowest BCUT2D eigenvalue weighted by atomic mass is 10.2. The van der Waals surface area contributed by atoms with Gasteiger partial charge in [-0.15, -0.1) is 0 Å². The van der Waals surface area contributed by atoms with Crippen molar-refractivity contribution >= 4 is 11.9 Å². The Morgan fingerprint density at radius 2 is 2.50 bits per heavy atom. The fourth-order valence-corrected chi connectivity index (χ4v) is 1.03. The van der Waals surface area contributed by atoms with E-state index in [1.165, 1.54) is 0 Å². The van der Waals surface area contributed by atoms with Crippen LogP contribution in [0, 0.1) is 0 Å². The van der Waals surface area contributed by atoms with Crippen LogP contribution in [0.1, 0.15) is 6.42 Å². The maximum absolute atomic E-state index is 11.0. The van der Waals surface area contributed by atoms with Crippen molar-refractivity contribution in [1.82, 2.24) is 10.6 Å².